The van der Waals surface area contributed by atoms with Crippen molar-refractivity contribution in [3.63, 3.8) is 0 Å². The molecular weight excluding hydrogens is 304 g/mol. The van der Waals surface area contributed by atoms with Gasteiger partial charge >= 0.3 is 5.97 Å². The number of aryl methyl sites for hydroxylation is 1. The minimum atomic E-state index is -3.86. The number of halogens is 1. The van der Waals surface area contributed by atoms with E-state index < -0.39 is 15.0 Å². The van der Waals surface area contributed by atoms with Crippen LogP contribution in [-0.4, -0.2) is 33.7 Å². The lowest BCUT2D eigenvalue weighted by atomic mass is 10.1. The van der Waals surface area contributed by atoms with Crippen LogP contribution in [-0.2, 0) is 18.5 Å². The summed E-state index contributed by atoms with van der Waals surface area (Å²) in [4.78, 5) is 12.0. The molecule has 0 aromatic heterocycles. The monoisotopic (exact) mass is 318 g/mol. The first-order valence-corrected chi connectivity index (χ1v) is 8.53. The summed E-state index contributed by atoms with van der Waals surface area (Å²) in [6.45, 7) is 2.84. The predicted molar refractivity (Wildman–Crippen MR) is 73.5 cm³/mol. The van der Waals surface area contributed by atoms with Crippen molar-refractivity contribution in [3.8, 4) is 0 Å². The predicted octanol–water partition coefficient (Wildman–Crippen LogP) is 2.26. The zero-order valence-corrected chi connectivity index (χ0v) is 12.5. The number of ether oxygens (including phenoxy) is 2. The van der Waals surface area contributed by atoms with Crippen molar-refractivity contribution in [2.24, 2.45) is 0 Å². The summed E-state index contributed by atoms with van der Waals surface area (Å²) in [5.74, 6) is -0.531. The molecule has 110 valence electrons. The Labute approximate surface area is 122 Å². The minimum absolute atomic E-state index is 0.108. The first kappa shape index (κ1) is 15.3. The molecule has 0 spiro atoms. The second kappa shape index (κ2) is 6.11. The molecule has 0 unspecified atom stereocenters. The maximum Gasteiger partial charge on any atom is 0.338 e. The van der Waals surface area contributed by atoms with Gasteiger partial charge in [0.2, 0.25) is 0 Å². The molecule has 1 heterocycles. The van der Waals surface area contributed by atoms with Crippen LogP contribution in [0.5, 0.6) is 0 Å². The van der Waals surface area contributed by atoms with Crippen molar-refractivity contribution < 1.29 is 22.7 Å². The van der Waals surface area contributed by atoms with Crippen molar-refractivity contribution in [1.82, 2.24) is 0 Å². The van der Waals surface area contributed by atoms with E-state index in [0.717, 1.165) is 0 Å². The number of hydrogen-bond donors (Lipinski definition) is 0. The van der Waals surface area contributed by atoms with Gasteiger partial charge in [-0.2, -0.15) is 0 Å². The maximum atomic E-state index is 12.1. The van der Waals surface area contributed by atoms with Crippen LogP contribution in [0.15, 0.2) is 23.1 Å². The van der Waals surface area contributed by atoms with E-state index in [9.17, 15) is 13.2 Å². The maximum absolute atomic E-state index is 12.1. The van der Waals surface area contributed by atoms with Gasteiger partial charge in [0.25, 0.3) is 9.05 Å². The molecule has 0 bridgehead atoms. The molecule has 0 N–H and O–H groups in total. The highest BCUT2D eigenvalue weighted by atomic mass is 35.7. The molecule has 2 rings (SSSR count). The van der Waals surface area contributed by atoms with Crippen LogP contribution in [0.1, 0.15) is 28.8 Å². The average molecular weight is 319 g/mol. The third-order valence-corrected chi connectivity index (χ3v) is 4.50. The Morgan fingerprint density at radius 1 is 1.35 bits per heavy atom. The fraction of sp³-hybridized carbons (Fsp3) is 0.462. The minimum Gasteiger partial charge on any atom is -0.459 e. The molecule has 5 nitrogen and oxygen atoms in total. The number of hydrogen-bond acceptors (Lipinski definition) is 5. The van der Waals surface area contributed by atoms with Gasteiger partial charge in [0, 0.05) is 23.5 Å². The lowest BCUT2D eigenvalue weighted by Gasteiger charge is -2.22. The number of rotatable bonds is 3. The Hall–Kier alpha value is -1.11. The molecule has 7 heteroatoms. The molecule has 1 aliphatic heterocycles. The van der Waals surface area contributed by atoms with Gasteiger partial charge in [-0.15, -0.1) is 0 Å². The normalized spacial score (nSPS) is 16.9. The van der Waals surface area contributed by atoms with Crippen molar-refractivity contribution in [2.75, 3.05) is 13.2 Å². The van der Waals surface area contributed by atoms with Crippen molar-refractivity contribution >= 4 is 25.7 Å². The number of benzene rings is 1. The van der Waals surface area contributed by atoms with Crippen molar-refractivity contribution in [2.45, 2.75) is 30.8 Å². The van der Waals surface area contributed by atoms with E-state index in [1.807, 2.05) is 0 Å². The Balaban J connectivity index is 2.20. The van der Waals surface area contributed by atoms with E-state index in [4.69, 9.17) is 20.2 Å². The van der Waals surface area contributed by atoms with Crippen LogP contribution in [0.25, 0.3) is 0 Å². The SMILES string of the molecule is Cc1ccc(S(=O)(=O)Cl)cc1C(=O)OC1CCOCC1. The van der Waals surface area contributed by atoms with E-state index in [0.29, 0.717) is 31.6 Å². The van der Waals surface area contributed by atoms with Gasteiger partial charge in [-0.1, -0.05) is 6.07 Å². The Bertz CT molecular complexity index is 605. The molecule has 1 aromatic rings. The highest BCUT2D eigenvalue weighted by Crippen LogP contribution is 2.21. The molecule has 0 aliphatic carbocycles. The lowest BCUT2D eigenvalue weighted by Crippen LogP contribution is -2.26. The second-order valence-electron chi connectivity index (χ2n) is 4.63. The van der Waals surface area contributed by atoms with Crippen LogP contribution in [0.4, 0.5) is 0 Å². The topological polar surface area (TPSA) is 69.7 Å². The standard InChI is InChI=1S/C13H15ClO5S/c1-9-2-3-11(20(14,16)17)8-12(9)13(15)19-10-4-6-18-7-5-10/h2-3,8,10H,4-7H2,1H3. The number of carbonyl (C=O) groups is 1. The average Bonchev–Trinajstić information content (AvgIpc) is 2.39. The Morgan fingerprint density at radius 2 is 2.00 bits per heavy atom. The Morgan fingerprint density at radius 3 is 2.60 bits per heavy atom. The van der Waals surface area contributed by atoms with Crippen LogP contribution < -0.4 is 0 Å². The fourth-order valence-corrected chi connectivity index (χ4v) is 2.76. The molecule has 0 amide bonds. The lowest BCUT2D eigenvalue weighted by molar-refractivity contribution is -0.0159. The van der Waals surface area contributed by atoms with Gasteiger partial charge < -0.3 is 9.47 Å². The van der Waals surface area contributed by atoms with Gasteiger partial charge in [0.1, 0.15) is 6.10 Å². The zero-order chi connectivity index (χ0) is 14.8. The molecule has 1 aromatic carbocycles. The summed E-state index contributed by atoms with van der Waals surface area (Å²) in [5, 5.41) is 0. The largest absolute Gasteiger partial charge is 0.459 e. The summed E-state index contributed by atoms with van der Waals surface area (Å²) >= 11 is 0. The Kier molecular flexibility index (Phi) is 4.67. The zero-order valence-electron chi connectivity index (χ0n) is 11.0. The molecule has 1 fully saturated rings. The first-order chi connectivity index (χ1) is 9.38. The van der Waals surface area contributed by atoms with Crippen LogP contribution >= 0.6 is 10.7 Å². The molecule has 0 atom stereocenters. The fourth-order valence-electron chi connectivity index (χ4n) is 1.98. The number of esters is 1. The van der Waals surface area contributed by atoms with Crippen molar-refractivity contribution in [3.05, 3.63) is 29.3 Å². The highest BCUT2D eigenvalue weighted by Gasteiger charge is 2.22. The van der Waals surface area contributed by atoms with E-state index in [1.165, 1.54) is 18.2 Å². The highest BCUT2D eigenvalue weighted by molar-refractivity contribution is 8.13. The summed E-state index contributed by atoms with van der Waals surface area (Å²) in [5.41, 5.74) is 0.865. The van der Waals surface area contributed by atoms with Gasteiger partial charge in [0.05, 0.1) is 23.7 Å². The van der Waals surface area contributed by atoms with Crippen LogP contribution in [0.2, 0.25) is 0 Å². The third kappa shape index (κ3) is 3.71. The van der Waals surface area contributed by atoms with Gasteiger partial charge in [-0.05, 0) is 24.6 Å². The van der Waals surface area contributed by atoms with E-state index in [2.05, 4.69) is 0 Å². The molecule has 1 saturated heterocycles. The van der Waals surface area contributed by atoms with E-state index in [1.54, 1.807) is 6.92 Å². The van der Waals surface area contributed by atoms with E-state index >= 15 is 0 Å². The third-order valence-electron chi connectivity index (χ3n) is 3.15. The van der Waals surface area contributed by atoms with Gasteiger partial charge in [0.15, 0.2) is 0 Å². The summed E-state index contributed by atoms with van der Waals surface area (Å²) in [6.07, 6.45) is 1.11. The second-order valence-corrected chi connectivity index (χ2v) is 7.20. The smallest absolute Gasteiger partial charge is 0.338 e. The van der Waals surface area contributed by atoms with Crippen LogP contribution in [0.3, 0.4) is 0 Å². The summed E-state index contributed by atoms with van der Waals surface area (Å²) in [7, 11) is 1.42. The van der Waals surface area contributed by atoms with Gasteiger partial charge in [-0.3, -0.25) is 0 Å². The van der Waals surface area contributed by atoms with Crippen LogP contribution in [0, 0.1) is 6.92 Å². The molecule has 1 aliphatic rings. The summed E-state index contributed by atoms with van der Waals surface area (Å²) < 4.78 is 33.2. The quantitative estimate of drug-likeness (QED) is 0.631. The molecule has 20 heavy (non-hydrogen) atoms. The number of carbonyl (C=O) groups excluding carboxylic acids is 1. The summed E-state index contributed by atoms with van der Waals surface area (Å²) in [6, 6.07) is 4.15. The first-order valence-electron chi connectivity index (χ1n) is 6.22. The van der Waals surface area contributed by atoms with Crippen molar-refractivity contribution in [1.29, 1.82) is 0 Å². The molecular formula is C13H15ClO5S. The molecule has 0 saturated carbocycles. The molecule has 0 radical (unpaired) electrons. The van der Waals surface area contributed by atoms with Gasteiger partial charge in [-0.25, -0.2) is 13.2 Å². The van der Waals surface area contributed by atoms with E-state index in [-0.39, 0.29) is 16.6 Å².